The summed E-state index contributed by atoms with van der Waals surface area (Å²) in [5, 5.41) is 2.40. The largest absolute Gasteiger partial charge is 0.491 e. The highest BCUT2D eigenvalue weighted by Gasteiger charge is 2.31. The Morgan fingerprint density at radius 1 is 1.07 bits per heavy atom. The molecule has 158 valence electrons. The third-order valence-corrected chi connectivity index (χ3v) is 3.99. The van der Waals surface area contributed by atoms with Crippen LogP contribution in [0, 0.1) is 15.2 Å². The summed E-state index contributed by atoms with van der Waals surface area (Å²) in [6.45, 7) is 10.0. The van der Waals surface area contributed by atoms with Gasteiger partial charge in [0, 0.05) is 6.42 Å². The first-order valence-electron chi connectivity index (χ1n) is 8.57. The highest BCUT2D eigenvalue weighted by atomic mass is 127. The minimum absolute atomic E-state index is 0.00503. The number of alkyl carbamates (subject to hydrolysis) is 1. The van der Waals surface area contributed by atoms with E-state index in [1.54, 1.807) is 64.1 Å². The van der Waals surface area contributed by atoms with Gasteiger partial charge in [-0.3, -0.25) is 0 Å². The van der Waals surface area contributed by atoms with Crippen molar-refractivity contribution in [3.63, 3.8) is 0 Å². The van der Waals surface area contributed by atoms with E-state index in [2.05, 4.69) is 5.32 Å². The van der Waals surface area contributed by atoms with Crippen LogP contribution in [0.5, 0.6) is 5.75 Å². The molecule has 6 nitrogen and oxygen atoms in total. The molecule has 28 heavy (non-hydrogen) atoms. The number of benzene rings is 1. The standard InChI is InChI=1S/C19H26F2INO5/c1-18(2,3)27-16(24)12(23-17(25)28-19(4,5)6)9-10-8-11(22)14(21)15(26-7)13(10)20/h8,12H,9H2,1-7H3,(H,23,25)/t12-/m1/s1. The third kappa shape index (κ3) is 7.40. The molecule has 1 N–H and O–H groups in total. The number of halogens is 3. The normalized spacial score (nSPS) is 12.9. The number of ether oxygens (including phenoxy) is 3. The van der Waals surface area contributed by atoms with Crippen molar-refractivity contribution in [1.82, 2.24) is 5.32 Å². The average molecular weight is 513 g/mol. The van der Waals surface area contributed by atoms with Crippen molar-refractivity contribution in [1.29, 1.82) is 0 Å². The van der Waals surface area contributed by atoms with Crippen molar-refractivity contribution in [3.05, 3.63) is 26.8 Å². The number of methoxy groups -OCH3 is 1. The van der Waals surface area contributed by atoms with Crippen molar-refractivity contribution < 1.29 is 32.6 Å². The first-order valence-corrected chi connectivity index (χ1v) is 9.65. The smallest absolute Gasteiger partial charge is 0.408 e. The van der Waals surface area contributed by atoms with Gasteiger partial charge in [0.1, 0.15) is 17.2 Å². The first-order chi connectivity index (χ1) is 12.6. The third-order valence-electron chi connectivity index (χ3n) is 3.20. The Kier molecular flexibility index (Phi) is 8.04. The summed E-state index contributed by atoms with van der Waals surface area (Å²) >= 11 is 1.70. The van der Waals surface area contributed by atoms with Gasteiger partial charge < -0.3 is 19.5 Å². The zero-order chi connectivity index (χ0) is 21.9. The number of nitrogens with one attached hydrogen (secondary N) is 1. The van der Waals surface area contributed by atoms with Gasteiger partial charge in [-0.1, -0.05) is 0 Å². The second-order valence-electron chi connectivity index (χ2n) is 8.12. The van der Waals surface area contributed by atoms with E-state index < -0.39 is 46.7 Å². The molecule has 0 fully saturated rings. The predicted octanol–water partition coefficient (Wildman–Crippen LogP) is 4.36. The summed E-state index contributed by atoms with van der Waals surface area (Å²) in [5.74, 6) is -3.10. The summed E-state index contributed by atoms with van der Waals surface area (Å²) in [6, 6.07) is 0.0107. The van der Waals surface area contributed by atoms with Gasteiger partial charge in [-0.2, -0.15) is 0 Å². The molecule has 1 aromatic carbocycles. The number of carbonyl (C=O) groups excluding carboxylic acids is 2. The molecule has 0 heterocycles. The molecule has 0 spiro atoms. The second kappa shape index (κ2) is 9.23. The van der Waals surface area contributed by atoms with E-state index >= 15 is 0 Å². The van der Waals surface area contributed by atoms with Crippen molar-refractivity contribution in [3.8, 4) is 5.75 Å². The maximum absolute atomic E-state index is 14.6. The Hall–Kier alpha value is -1.65. The van der Waals surface area contributed by atoms with Gasteiger partial charge in [0.25, 0.3) is 0 Å². The number of rotatable bonds is 5. The van der Waals surface area contributed by atoms with E-state index in [0.29, 0.717) is 0 Å². The van der Waals surface area contributed by atoms with Gasteiger partial charge in [0.05, 0.1) is 10.7 Å². The Balaban J connectivity index is 3.21. The molecular weight excluding hydrogens is 487 g/mol. The molecule has 1 amide bonds. The topological polar surface area (TPSA) is 73.9 Å². The summed E-state index contributed by atoms with van der Waals surface area (Å²) in [6.07, 6.45) is -1.13. The maximum atomic E-state index is 14.6. The lowest BCUT2D eigenvalue weighted by Gasteiger charge is -2.26. The molecule has 1 rings (SSSR count). The van der Waals surface area contributed by atoms with Crippen LogP contribution in [0.15, 0.2) is 6.07 Å². The van der Waals surface area contributed by atoms with Crippen LogP contribution in [0.3, 0.4) is 0 Å². The average Bonchev–Trinajstić information content (AvgIpc) is 2.48. The van der Waals surface area contributed by atoms with Gasteiger partial charge in [-0.05, 0) is 75.8 Å². The maximum Gasteiger partial charge on any atom is 0.408 e. The minimum Gasteiger partial charge on any atom is -0.491 e. The summed E-state index contributed by atoms with van der Waals surface area (Å²) in [4.78, 5) is 24.7. The van der Waals surface area contributed by atoms with Gasteiger partial charge >= 0.3 is 12.1 Å². The minimum atomic E-state index is -1.24. The Morgan fingerprint density at radius 2 is 1.61 bits per heavy atom. The van der Waals surface area contributed by atoms with Crippen LogP contribution in [-0.4, -0.2) is 36.4 Å². The van der Waals surface area contributed by atoms with Crippen molar-refractivity contribution in [2.75, 3.05) is 7.11 Å². The van der Waals surface area contributed by atoms with Crippen LogP contribution in [0.2, 0.25) is 0 Å². The molecule has 9 heteroatoms. The lowest BCUT2D eigenvalue weighted by atomic mass is 10.0. The van der Waals surface area contributed by atoms with Gasteiger partial charge in [-0.15, -0.1) is 0 Å². The van der Waals surface area contributed by atoms with E-state index in [9.17, 15) is 18.4 Å². The molecule has 0 bridgehead atoms. The van der Waals surface area contributed by atoms with E-state index in [-0.39, 0.29) is 15.6 Å². The summed E-state index contributed by atoms with van der Waals surface area (Å²) in [5.41, 5.74) is -1.62. The quantitative estimate of drug-likeness (QED) is 0.360. The summed E-state index contributed by atoms with van der Waals surface area (Å²) in [7, 11) is 1.14. The SMILES string of the molecule is COc1c(F)c(I)cc(C[C@@H](NC(=O)OC(C)(C)C)C(=O)OC(C)(C)C)c1F. The molecule has 0 unspecified atom stereocenters. The second-order valence-corrected chi connectivity index (χ2v) is 9.28. The zero-order valence-electron chi connectivity index (χ0n) is 17.0. The van der Waals surface area contributed by atoms with E-state index in [0.717, 1.165) is 7.11 Å². The molecule has 0 aliphatic heterocycles. The van der Waals surface area contributed by atoms with E-state index in [1.807, 2.05) is 0 Å². The van der Waals surface area contributed by atoms with Crippen LogP contribution >= 0.6 is 22.6 Å². The van der Waals surface area contributed by atoms with Crippen LogP contribution in [0.25, 0.3) is 0 Å². The molecule has 0 aliphatic carbocycles. The number of esters is 1. The van der Waals surface area contributed by atoms with Crippen molar-refractivity contribution in [2.24, 2.45) is 0 Å². The lowest BCUT2D eigenvalue weighted by Crippen LogP contribution is -2.47. The fourth-order valence-corrected chi connectivity index (χ4v) is 2.81. The molecule has 0 saturated carbocycles. The number of amides is 1. The molecule has 0 aliphatic rings. The van der Waals surface area contributed by atoms with Crippen LogP contribution in [0.4, 0.5) is 13.6 Å². The molecular formula is C19H26F2INO5. The number of hydrogen-bond donors (Lipinski definition) is 1. The molecule has 0 aromatic heterocycles. The Bertz CT molecular complexity index is 741. The van der Waals surface area contributed by atoms with Crippen LogP contribution in [-0.2, 0) is 20.7 Å². The Morgan fingerprint density at radius 3 is 2.07 bits per heavy atom. The molecule has 1 atom stereocenters. The molecule has 0 radical (unpaired) electrons. The van der Waals surface area contributed by atoms with E-state index in [1.165, 1.54) is 6.07 Å². The highest BCUT2D eigenvalue weighted by Crippen LogP contribution is 2.29. The number of carbonyl (C=O) groups is 2. The summed E-state index contributed by atoms with van der Waals surface area (Å²) < 4.78 is 44.0. The van der Waals surface area contributed by atoms with Crippen LogP contribution in [0.1, 0.15) is 47.1 Å². The molecule has 1 aromatic rings. The fraction of sp³-hybridized carbons (Fsp3) is 0.579. The molecule has 0 saturated heterocycles. The zero-order valence-corrected chi connectivity index (χ0v) is 19.2. The van der Waals surface area contributed by atoms with Crippen molar-refractivity contribution >= 4 is 34.7 Å². The van der Waals surface area contributed by atoms with Gasteiger partial charge in [0.15, 0.2) is 17.4 Å². The van der Waals surface area contributed by atoms with Gasteiger partial charge in [-0.25, -0.2) is 18.4 Å². The fourth-order valence-electron chi connectivity index (χ4n) is 2.19. The van der Waals surface area contributed by atoms with Crippen molar-refractivity contribution in [2.45, 2.75) is 65.2 Å². The van der Waals surface area contributed by atoms with Gasteiger partial charge in [0.2, 0.25) is 0 Å². The monoisotopic (exact) mass is 513 g/mol. The highest BCUT2D eigenvalue weighted by molar-refractivity contribution is 14.1. The van der Waals surface area contributed by atoms with Crippen LogP contribution < -0.4 is 10.1 Å². The van der Waals surface area contributed by atoms with E-state index in [4.69, 9.17) is 14.2 Å². The Labute approximate surface area is 177 Å². The lowest BCUT2D eigenvalue weighted by molar-refractivity contribution is -0.157. The number of hydrogen-bond acceptors (Lipinski definition) is 5. The first kappa shape index (κ1) is 24.4. The predicted molar refractivity (Wildman–Crippen MR) is 108 cm³/mol.